The normalized spacial score (nSPS) is 16.6. The number of rotatable bonds is 6. The predicted molar refractivity (Wildman–Crippen MR) is 111 cm³/mol. The van der Waals surface area contributed by atoms with Crippen molar-refractivity contribution in [1.82, 2.24) is 24.4 Å². The number of amides is 2. The third kappa shape index (κ3) is 3.91. The van der Waals surface area contributed by atoms with Gasteiger partial charge >= 0.3 is 0 Å². The van der Waals surface area contributed by atoms with Gasteiger partial charge < -0.3 is 15.3 Å². The first-order valence-corrected chi connectivity index (χ1v) is 10.3. The van der Waals surface area contributed by atoms with Crippen molar-refractivity contribution in [1.29, 1.82) is 5.26 Å². The van der Waals surface area contributed by atoms with E-state index in [1.165, 1.54) is 22.9 Å². The number of hydrogen-bond acceptors (Lipinski definition) is 6. The Morgan fingerprint density at radius 1 is 1.39 bits per heavy atom. The summed E-state index contributed by atoms with van der Waals surface area (Å²) in [6.45, 7) is 5.03. The molecule has 1 saturated heterocycles. The van der Waals surface area contributed by atoms with E-state index in [4.69, 9.17) is 5.26 Å². The minimum Gasteiger partial charge on any atom is -0.494 e. The van der Waals surface area contributed by atoms with Crippen LogP contribution in [0, 0.1) is 23.2 Å². The highest BCUT2D eigenvalue weighted by Gasteiger charge is 2.31. The van der Waals surface area contributed by atoms with E-state index in [0.717, 1.165) is 17.4 Å². The molecule has 1 aliphatic carbocycles. The van der Waals surface area contributed by atoms with Crippen molar-refractivity contribution in [3.8, 4) is 11.9 Å². The molecule has 2 aromatic heterocycles. The lowest BCUT2D eigenvalue weighted by molar-refractivity contribution is -0.130. The van der Waals surface area contributed by atoms with Crippen molar-refractivity contribution in [3.05, 3.63) is 33.8 Å². The van der Waals surface area contributed by atoms with Crippen LogP contribution in [-0.4, -0.2) is 55.1 Å². The summed E-state index contributed by atoms with van der Waals surface area (Å²) < 4.78 is 2.57. The zero-order valence-electron chi connectivity index (χ0n) is 17.4. The van der Waals surface area contributed by atoms with E-state index >= 15 is 0 Å². The molecule has 162 valence electrons. The summed E-state index contributed by atoms with van der Waals surface area (Å²) in [5, 5.41) is 26.6. The van der Waals surface area contributed by atoms with E-state index < -0.39 is 17.3 Å². The molecule has 31 heavy (non-hydrogen) atoms. The van der Waals surface area contributed by atoms with E-state index in [0.29, 0.717) is 30.8 Å². The molecule has 0 bridgehead atoms. The quantitative estimate of drug-likeness (QED) is 0.658. The van der Waals surface area contributed by atoms with Gasteiger partial charge in [0.05, 0.1) is 18.2 Å². The van der Waals surface area contributed by atoms with Gasteiger partial charge in [-0.2, -0.15) is 14.9 Å². The first kappa shape index (κ1) is 20.7. The van der Waals surface area contributed by atoms with E-state index in [1.807, 2.05) is 13.8 Å². The Kier molecular flexibility index (Phi) is 5.27. The fourth-order valence-electron chi connectivity index (χ4n) is 3.56. The minimum atomic E-state index is -0.712. The van der Waals surface area contributed by atoms with Crippen LogP contribution in [0.5, 0.6) is 5.88 Å². The van der Waals surface area contributed by atoms with E-state index in [1.54, 1.807) is 4.90 Å². The van der Waals surface area contributed by atoms with Gasteiger partial charge in [0, 0.05) is 37.3 Å². The van der Waals surface area contributed by atoms with Crippen LogP contribution >= 0.6 is 0 Å². The molecule has 3 heterocycles. The van der Waals surface area contributed by atoms with Crippen LogP contribution in [-0.2, 0) is 11.3 Å². The minimum absolute atomic E-state index is 0.0322. The Morgan fingerprint density at radius 2 is 2.10 bits per heavy atom. The van der Waals surface area contributed by atoms with Gasteiger partial charge in [0.2, 0.25) is 11.8 Å². The van der Waals surface area contributed by atoms with Gasteiger partial charge in [0.1, 0.15) is 5.65 Å². The van der Waals surface area contributed by atoms with Crippen LogP contribution in [0.2, 0.25) is 0 Å². The highest BCUT2D eigenvalue weighted by atomic mass is 16.3. The lowest BCUT2D eigenvalue weighted by Gasteiger charge is -2.34. The average Bonchev–Trinajstić information content (AvgIpc) is 3.38. The number of carbonyl (C=O) groups excluding carboxylic acids is 2. The summed E-state index contributed by atoms with van der Waals surface area (Å²) in [5.41, 5.74) is -0.274. The molecule has 2 amide bonds. The average molecular weight is 424 g/mol. The molecular formula is C21H24N6O4. The third-order valence-corrected chi connectivity index (χ3v) is 5.38. The van der Waals surface area contributed by atoms with Crippen molar-refractivity contribution < 1.29 is 14.7 Å². The number of nitrogens with one attached hydrogen (secondary N) is 1. The second-order valence-electron chi connectivity index (χ2n) is 8.49. The summed E-state index contributed by atoms with van der Waals surface area (Å²) in [7, 11) is 0. The number of aromatic nitrogens is 3. The van der Waals surface area contributed by atoms with Crippen LogP contribution in [0.25, 0.3) is 11.7 Å². The summed E-state index contributed by atoms with van der Waals surface area (Å²) in [6, 6.07) is 2.15. The largest absolute Gasteiger partial charge is 0.494 e. The standard InChI is InChI=1S/C21H24N6O4/c1-12(2)9-26-19-14(3-6-16(28)25-10-13(7-22)11-25)8-23-27(19)21(31)17(20(26)30)18(29)24-15-4-5-15/h3,6,8,12-13,15,30H,4-5,9-11H2,1-2H3,(H,24,29)/b6-3+. The second-order valence-corrected chi connectivity index (χ2v) is 8.49. The van der Waals surface area contributed by atoms with Crippen LogP contribution in [0.4, 0.5) is 0 Å². The van der Waals surface area contributed by atoms with Gasteiger partial charge in [0.25, 0.3) is 11.5 Å². The molecule has 2 aromatic rings. The van der Waals surface area contributed by atoms with Gasteiger partial charge in [-0.1, -0.05) is 13.8 Å². The smallest absolute Gasteiger partial charge is 0.291 e. The molecule has 0 radical (unpaired) electrons. The SMILES string of the molecule is CC(C)Cn1c(O)c(C(=O)NC2CC2)c(=O)n2ncc(/C=C/C(=O)N3CC(C#N)C3)c12. The molecule has 0 unspecified atom stereocenters. The summed E-state index contributed by atoms with van der Waals surface area (Å²) in [6.07, 6.45) is 6.02. The summed E-state index contributed by atoms with van der Waals surface area (Å²) >= 11 is 0. The van der Waals surface area contributed by atoms with Crippen LogP contribution in [0.3, 0.4) is 0 Å². The highest BCUT2D eigenvalue weighted by Crippen LogP contribution is 2.25. The summed E-state index contributed by atoms with van der Waals surface area (Å²) in [4.78, 5) is 39.4. The molecule has 0 aromatic carbocycles. The van der Waals surface area contributed by atoms with Crippen molar-refractivity contribution in [3.63, 3.8) is 0 Å². The van der Waals surface area contributed by atoms with Gasteiger partial charge in [-0.3, -0.25) is 19.0 Å². The van der Waals surface area contributed by atoms with Crippen LogP contribution < -0.4 is 10.9 Å². The molecule has 2 aliphatic rings. The molecule has 2 N–H and O–H groups in total. The van der Waals surface area contributed by atoms with Gasteiger partial charge in [-0.15, -0.1) is 0 Å². The lowest BCUT2D eigenvalue weighted by Crippen LogP contribution is -2.48. The maximum Gasteiger partial charge on any atom is 0.291 e. The highest BCUT2D eigenvalue weighted by molar-refractivity contribution is 5.97. The zero-order valence-corrected chi connectivity index (χ0v) is 17.4. The zero-order chi connectivity index (χ0) is 22.3. The van der Waals surface area contributed by atoms with E-state index in [-0.39, 0.29) is 29.3 Å². The van der Waals surface area contributed by atoms with Crippen LogP contribution in [0.1, 0.15) is 42.6 Å². The number of fused-ring (bicyclic) bond motifs is 1. The number of likely N-dealkylation sites (tertiary alicyclic amines) is 1. The number of aromatic hydroxyl groups is 1. The number of nitrogens with zero attached hydrogens (tertiary/aromatic N) is 5. The first-order valence-electron chi connectivity index (χ1n) is 10.3. The fraction of sp³-hybridized carbons (Fsp3) is 0.476. The van der Waals surface area contributed by atoms with Gasteiger partial charge in [-0.05, 0) is 24.8 Å². The first-order chi connectivity index (χ1) is 14.8. The van der Waals surface area contributed by atoms with E-state index in [2.05, 4.69) is 16.5 Å². The Hall–Kier alpha value is -3.61. The molecule has 4 rings (SSSR count). The van der Waals surface area contributed by atoms with Crippen molar-refractivity contribution >= 4 is 23.5 Å². The van der Waals surface area contributed by atoms with Crippen LogP contribution in [0.15, 0.2) is 17.1 Å². The molecule has 10 nitrogen and oxygen atoms in total. The molecule has 0 spiro atoms. The Morgan fingerprint density at radius 3 is 2.71 bits per heavy atom. The van der Waals surface area contributed by atoms with Crippen molar-refractivity contribution in [2.45, 2.75) is 39.3 Å². The Labute approximate surface area is 178 Å². The fourth-order valence-corrected chi connectivity index (χ4v) is 3.56. The number of hydrogen-bond donors (Lipinski definition) is 2. The summed E-state index contributed by atoms with van der Waals surface area (Å²) in [5.74, 6) is -1.30. The predicted octanol–water partition coefficient (Wildman–Crippen LogP) is 0.745. The maximum atomic E-state index is 13.0. The molecular weight excluding hydrogens is 400 g/mol. The maximum absolute atomic E-state index is 13.0. The molecule has 1 aliphatic heterocycles. The molecule has 2 fully saturated rings. The lowest BCUT2D eigenvalue weighted by atomic mass is 10.0. The second kappa shape index (κ2) is 7.91. The topological polar surface area (TPSA) is 133 Å². The molecule has 0 atom stereocenters. The Bertz CT molecular complexity index is 1180. The van der Waals surface area contributed by atoms with Crippen molar-refractivity contribution in [2.24, 2.45) is 11.8 Å². The van der Waals surface area contributed by atoms with Crippen molar-refractivity contribution in [2.75, 3.05) is 13.1 Å². The van der Waals surface area contributed by atoms with Gasteiger partial charge in [0.15, 0.2) is 5.56 Å². The number of nitriles is 1. The monoisotopic (exact) mass is 424 g/mol. The Balaban J connectivity index is 1.73. The number of carbonyl (C=O) groups is 2. The van der Waals surface area contributed by atoms with E-state index in [9.17, 15) is 19.5 Å². The van der Waals surface area contributed by atoms with Gasteiger partial charge in [-0.25, -0.2) is 0 Å². The molecule has 10 heteroatoms. The third-order valence-electron chi connectivity index (χ3n) is 5.38. The molecule has 1 saturated carbocycles.